The first-order valence-electron chi connectivity index (χ1n) is 9.48. The molecule has 0 atom stereocenters. The molecule has 8 nitrogen and oxygen atoms in total. The number of fused-ring (bicyclic) bond motifs is 1. The van der Waals surface area contributed by atoms with E-state index in [1.165, 1.54) is 18.4 Å². The number of aryl methyl sites for hydroxylation is 2. The zero-order chi connectivity index (χ0) is 20.7. The fraction of sp³-hybridized carbons (Fsp3) is 0.579. The Morgan fingerprint density at radius 3 is 2.71 bits per heavy atom. The van der Waals surface area contributed by atoms with Gasteiger partial charge in [-0.15, -0.1) is 0 Å². The Morgan fingerprint density at radius 2 is 2.07 bits per heavy atom. The number of carbonyl (C=O) groups excluding carboxylic acids is 1. The molecule has 0 radical (unpaired) electrons. The summed E-state index contributed by atoms with van der Waals surface area (Å²) in [6.07, 6.45) is 2.83. The third-order valence-corrected chi connectivity index (χ3v) is 6.33. The van der Waals surface area contributed by atoms with Crippen molar-refractivity contribution in [3.63, 3.8) is 0 Å². The number of aromatic nitrogens is 2. The van der Waals surface area contributed by atoms with Crippen LogP contribution in [0.15, 0.2) is 23.1 Å². The second-order valence-electron chi connectivity index (χ2n) is 6.81. The summed E-state index contributed by atoms with van der Waals surface area (Å²) in [6, 6.07) is 5.02. The lowest BCUT2D eigenvalue weighted by Gasteiger charge is -2.11. The van der Waals surface area contributed by atoms with Gasteiger partial charge in [0, 0.05) is 47.1 Å². The molecule has 1 aromatic carbocycles. The Morgan fingerprint density at radius 1 is 1.32 bits per heavy atom. The van der Waals surface area contributed by atoms with Crippen LogP contribution in [0.25, 0.3) is 11.0 Å². The number of imidazole rings is 1. The largest absolute Gasteiger partial charge is 0.383 e. The van der Waals surface area contributed by atoms with E-state index in [1.807, 2.05) is 0 Å². The van der Waals surface area contributed by atoms with Crippen LogP contribution in [-0.2, 0) is 32.5 Å². The molecule has 2 aromatic rings. The van der Waals surface area contributed by atoms with Crippen LogP contribution in [-0.4, -0.2) is 62.5 Å². The van der Waals surface area contributed by atoms with Gasteiger partial charge >= 0.3 is 0 Å². The normalized spacial score (nSPS) is 12.0. The number of sulfonamides is 1. The number of nitrogens with one attached hydrogen (secondary N) is 1. The summed E-state index contributed by atoms with van der Waals surface area (Å²) in [6.45, 7) is 3.86. The summed E-state index contributed by atoms with van der Waals surface area (Å²) in [5.41, 5.74) is 1.52. The number of methoxy groups -OCH3 is 1. The summed E-state index contributed by atoms with van der Waals surface area (Å²) in [4.78, 5) is 16.9. The molecular formula is C19H30N4O4S. The highest BCUT2D eigenvalue weighted by Gasteiger charge is 2.20. The van der Waals surface area contributed by atoms with Gasteiger partial charge in [0.1, 0.15) is 5.82 Å². The van der Waals surface area contributed by atoms with Crippen molar-refractivity contribution >= 4 is 27.0 Å². The van der Waals surface area contributed by atoms with Crippen LogP contribution in [0.5, 0.6) is 0 Å². The highest BCUT2D eigenvalue weighted by atomic mass is 32.2. The van der Waals surface area contributed by atoms with E-state index in [9.17, 15) is 13.2 Å². The first kappa shape index (κ1) is 22.3. The second kappa shape index (κ2) is 9.99. The van der Waals surface area contributed by atoms with E-state index in [0.717, 1.165) is 30.7 Å². The maximum Gasteiger partial charge on any atom is 0.242 e. The van der Waals surface area contributed by atoms with Crippen LogP contribution in [0.2, 0.25) is 0 Å². The number of ether oxygens (including phenoxy) is 1. The van der Waals surface area contributed by atoms with Gasteiger partial charge in [-0.3, -0.25) is 4.79 Å². The average molecular weight is 411 g/mol. The number of rotatable bonds is 11. The van der Waals surface area contributed by atoms with Crippen molar-refractivity contribution in [2.45, 2.75) is 44.0 Å². The van der Waals surface area contributed by atoms with Crippen LogP contribution in [0.1, 0.15) is 32.0 Å². The standard InChI is InChI=1S/C19H30N4O4S/c1-5-6-12-23-17-8-7-15(28(25,26)22(2)3)14-16(17)21-18(23)9-10-19(24)20-11-13-27-4/h7-8,14H,5-6,9-13H2,1-4H3,(H,20,24). The number of carbonyl (C=O) groups is 1. The van der Waals surface area contributed by atoms with E-state index in [4.69, 9.17) is 4.74 Å². The van der Waals surface area contributed by atoms with Gasteiger partial charge in [-0.25, -0.2) is 17.7 Å². The number of amides is 1. The molecule has 1 heterocycles. The Bertz CT molecular complexity index is 906. The fourth-order valence-corrected chi connectivity index (χ4v) is 3.82. The van der Waals surface area contributed by atoms with Gasteiger partial charge in [0.15, 0.2) is 0 Å². The van der Waals surface area contributed by atoms with E-state index < -0.39 is 10.0 Å². The third-order valence-electron chi connectivity index (χ3n) is 4.52. The SMILES string of the molecule is CCCCn1c(CCC(=O)NCCOC)nc2cc(S(=O)(=O)N(C)C)ccc21. The molecule has 0 fully saturated rings. The van der Waals surface area contributed by atoms with E-state index in [-0.39, 0.29) is 10.8 Å². The van der Waals surface area contributed by atoms with Gasteiger partial charge in [0.05, 0.1) is 22.5 Å². The van der Waals surface area contributed by atoms with Crippen molar-refractivity contribution in [3.05, 3.63) is 24.0 Å². The minimum Gasteiger partial charge on any atom is -0.383 e. The molecule has 156 valence electrons. The van der Waals surface area contributed by atoms with Crippen molar-refractivity contribution in [3.8, 4) is 0 Å². The number of unbranched alkanes of at least 4 members (excludes halogenated alkanes) is 1. The Kier molecular flexibility index (Phi) is 7.97. The van der Waals surface area contributed by atoms with Crippen LogP contribution >= 0.6 is 0 Å². The lowest BCUT2D eigenvalue weighted by Crippen LogP contribution is -2.27. The lowest BCUT2D eigenvalue weighted by molar-refractivity contribution is -0.121. The predicted molar refractivity (Wildman–Crippen MR) is 109 cm³/mol. The topological polar surface area (TPSA) is 93.5 Å². The molecule has 1 aromatic heterocycles. The predicted octanol–water partition coefficient (Wildman–Crippen LogP) is 1.78. The molecule has 0 saturated carbocycles. The molecule has 2 rings (SSSR count). The summed E-state index contributed by atoms with van der Waals surface area (Å²) < 4.78 is 33.0. The molecule has 0 aliphatic heterocycles. The summed E-state index contributed by atoms with van der Waals surface area (Å²) in [7, 11) is 1.08. The molecule has 0 spiro atoms. The molecule has 1 N–H and O–H groups in total. The highest BCUT2D eigenvalue weighted by Crippen LogP contribution is 2.23. The van der Waals surface area contributed by atoms with Crippen molar-refractivity contribution in [2.24, 2.45) is 0 Å². The molecule has 9 heteroatoms. The average Bonchev–Trinajstić information content (AvgIpc) is 3.01. The second-order valence-corrected chi connectivity index (χ2v) is 8.97. The number of benzene rings is 1. The minimum atomic E-state index is -3.52. The highest BCUT2D eigenvalue weighted by molar-refractivity contribution is 7.89. The van der Waals surface area contributed by atoms with Gasteiger partial charge < -0.3 is 14.6 Å². The molecule has 0 aliphatic rings. The number of hydrogen-bond acceptors (Lipinski definition) is 5. The van der Waals surface area contributed by atoms with Crippen LogP contribution in [0.3, 0.4) is 0 Å². The molecular weight excluding hydrogens is 380 g/mol. The molecule has 0 aliphatic carbocycles. The van der Waals surface area contributed by atoms with E-state index in [1.54, 1.807) is 25.3 Å². The first-order chi connectivity index (χ1) is 13.3. The Balaban J connectivity index is 2.29. The van der Waals surface area contributed by atoms with Crippen LogP contribution in [0.4, 0.5) is 0 Å². The fourth-order valence-electron chi connectivity index (χ4n) is 2.89. The van der Waals surface area contributed by atoms with Gasteiger partial charge in [-0.1, -0.05) is 13.3 Å². The van der Waals surface area contributed by atoms with Crippen molar-refractivity contribution in [1.82, 2.24) is 19.2 Å². The van der Waals surface area contributed by atoms with Gasteiger partial charge in [-0.05, 0) is 24.6 Å². The molecule has 0 unspecified atom stereocenters. The van der Waals surface area contributed by atoms with E-state index >= 15 is 0 Å². The smallest absolute Gasteiger partial charge is 0.242 e. The van der Waals surface area contributed by atoms with Gasteiger partial charge in [0.2, 0.25) is 15.9 Å². The third kappa shape index (κ3) is 5.30. The minimum absolute atomic E-state index is 0.0537. The van der Waals surface area contributed by atoms with Crippen molar-refractivity contribution in [2.75, 3.05) is 34.4 Å². The maximum absolute atomic E-state index is 12.4. The summed E-state index contributed by atoms with van der Waals surface area (Å²) in [5.74, 6) is 0.742. The lowest BCUT2D eigenvalue weighted by atomic mass is 10.2. The molecule has 0 saturated heterocycles. The summed E-state index contributed by atoms with van der Waals surface area (Å²) >= 11 is 0. The van der Waals surface area contributed by atoms with Crippen molar-refractivity contribution in [1.29, 1.82) is 0 Å². The number of nitrogens with zero attached hydrogens (tertiary/aromatic N) is 3. The Labute approximate surface area is 166 Å². The molecule has 28 heavy (non-hydrogen) atoms. The van der Waals surface area contributed by atoms with E-state index in [2.05, 4.69) is 21.8 Å². The molecule has 0 bridgehead atoms. The Hall–Kier alpha value is -1.97. The molecule has 1 amide bonds. The maximum atomic E-state index is 12.4. The van der Waals surface area contributed by atoms with Crippen LogP contribution in [0, 0.1) is 0 Å². The zero-order valence-electron chi connectivity index (χ0n) is 17.1. The van der Waals surface area contributed by atoms with E-state index in [0.29, 0.717) is 31.5 Å². The summed E-state index contributed by atoms with van der Waals surface area (Å²) in [5, 5.41) is 2.81. The van der Waals surface area contributed by atoms with Crippen molar-refractivity contribution < 1.29 is 17.9 Å². The van der Waals surface area contributed by atoms with Crippen LogP contribution < -0.4 is 5.32 Å². The van der Waals surface area contributed by atoms with Gasteiger partial charge in [0.25, 0.3) is 0 Å². The zero-order valence-corrected chi connectivity index (χ0v) is 17.9. The van der Waals surface area contributed by atoms with Gasteiger partial charge in [-0.2, -0.15) is 0 Å². The monoisotopic (exact) mass is 410 g/mol. The quantitative estimate of drug-likeness (QED) is 0.570. The first-order valence-corrected chi connectivity index (χ1v) is 10.9. The number of hydrogen-bond donors (Lipinski definition) is 1.